The molecule has 2 nitrogen and oxygen atoms in total. The maximum Gasteiger partial charge on any atom is 0.633 e. The molecule has 1 aliphatic rings. The van der Waals surface area contributed by atoms with E-state index in [4.69, 9.17) is 9.31 Å². The molecule has 0 amide bonds. The third-order valence-corrected chi connectivity index (χ3v) is 4.37. The minimum atomic E-state index is -0.401. The highest BCUT2D eigenvalue weighted by atomic mass is 16.6. The molecule has 23 heavy (non-hydrogen) atoms. The summed E-state index contributed by atoms with van der Waals surface area (Å²) in [4.78, 5) is 0. The Morgan fingerprint density at radius 2 is 1.13 bits per heavy atom. The summed E-state index contributed by atoms with van der Waals surface area (Å²) in [5.74, 6) is 1.60. The van der Waals surface area contributed by atoms with E-state index in [2.05, 4.69) is 54.6 Å². The molecule has 0 aromatic heterocycles. The van der Waals surface area contributed by atoms with Crippen molar-refractivity contribution in [1.82, 2.24) is 0 Å². The van der Waals surface area contributed by atoms with Gasteiger partial charge in [-0.05, 0) is 33.7 Å². The molecule has 0 unspecified atom stereocenters. The summed E-state index contributed by atoms with van der Waals surface area (Å²) in [7, 11) is -0.401. The first-order valence-electron chi connectivity index (χ1n) is 7.73. The van der Waals surface area contributed by atoms with E-state index in [1.54, 1.807) is 0 Å². The fourth-order valence-corrected chi connectivity index (χ4v) is 3.30. The molecule has 4 aromatic rings. The van der Waals surface area contributed by atoms with Crippen molar-refractivity contribution < 1.29 is 9.31 Å². The molecule has 0 atom stereocenters. The van der Waals surface area contributed by atoms with Gasteiger partial charge in [-0.1, -0.05) is 66.7 Å². The SMILES string of the molecule is c1ccc2c(c1)OB(c1cc3ccccc3c3ccccc13)O2. The van der Waals surface area contributed by atoms with Gasteiger partial charge in [0, 0.05) is 5.46 Å². The van der Waals surface area contributed by atoms with Crippen LogP contribution in [-0.2, 0) is 0 Å². The lowest BCUT2D eigenvalue weighted by molar-refractivity contribution is 0.519. The largest absolute Gasteiger partial charge is 0.633 e. The van der Waals surface area contributed by atoms with Gasteiger partial charge in [0.05, 0.1) is 0 Å². The van der Waals surface area contributed by atoms with Crippen LogP contribution in [-0.4, -0.2) is 7.12 Å². The second-order valence-corrected chi connectivity index (χ2v) is 5.75. The molecular weight excluding hydrogens is 283 g/mol. The average molecular weight is 296 g/mol. The predicted octanol–water partition coefficient (Wildman–Crippen LogP) is 4.16. The fraction of sp³-hybridized carbons (Fsp3) is 0. The number of para-hydroxylation sites is 2. The van der Waals surface area contributed by atoms with Crippen molar-refractivity contribution >= 4 is 34.1 Å². The summed E-state index contributed by atoms with van der Waals surface area (Å²) in [6, 6.07) is 26.8. The summed E-state index contributed by atoms with van der Waals surface area (Å²) in [6.45, 7) is 0. The highest BCUT2D eigenvalue weighted by Crippen LogP contribution is 2.33. The average Bonchev–Trinajstić information content (AvgIpc) is 3.05. The van der Waals surface area contributed by atoms with Gasteiger partial charge in [0.25, 0.3) is 0 Å². The van der Waals surface area contributed by atoms with E-state index in [-0.39, 0.29) is 0 Å². The molecule has 5 rings (SSSR count). The van der Waals surface area contributed by atoms with Gasteiger partial charge in [-0.2, -0.15) is 0 Å². The fourth-order valence-electron chi connectivity index (χ4n) is 3.30. The zero-order valence-corrected chi connectivity index (χ0v) is 12.4. The van der Waals surface area contributed by atoms with Crippen molar-refractivity contribution in [2.24, 2.45) is 0 Å². The van der Waals surface area contributed by atoms with Gasteiger partial charge in [0.15, 0.2) is 0 Å². The molecule has 0 N–H and O–H groups in total. The van der Waals surface area contributed by atoms with Crippen LogP contribution in [0, 0.1) is 0 Å². The van der Waals surface area contributed by atoms with Crippen molar-refractivity contribution in [2.75, 3.05) is 0 Å². The molecule has 0 saturated heterocycles. The van der Waals surface area contributed by atoms with Crippen LogP contribution in [0.1, 0.15) is 0 Å². The lowest BCUT2D eigenvalue weighted by Crippen LogP contribution is -2.39. The third-order valence-electron chi connectivity index (χ3n) is 4.37. The second-order valence-electron chi connectivity index (χ2n) is 5.75. The summed E-state index contributed by atoms with van der Waals surface area (Å²) >= 11 is 0. The highest BCUT2D eigenvalue weighted by Gasteiger charge is 2.35. The van der Waals surface area contributed by atoms with Crippen LogP contribution in [0.15, 0.2) is 78.9 Å². The third kappa shape index (κ3) is 1.90. The normalized spacial score (nSPS) is 13.0. The van der Waals surface area contributed by atoms with Crippen LogP contribution in [0.2, 0.25) is 0 Å². The Bertz CT molecular complexity index is 1020. The first-order valence-corrected chi connectivity index (χ1v) is 7.73. The van der Waals surface area contributed by atoms with Crippen LogP contribution < -0.4 is 14.8 Å². The maximum absolute atomic E-state index is 6.03. The van der Waals surface area contributed by atoms with Gasteiger partial charge in [-0.15, -0.1) is 0 Å². The van der Waals surface area contributed by atoms with Crippen LogP contribution >= 0.6 is 0 Å². The molecule has 0 bridgehead atoms. The second kappa shape index (κ2) is 4.78. The van der Waals surface area contributed by atoms with Gasteiger partial charge in [0.2, 0.25) is 0 Å². The molecule has 1 heterocycles. The van der Waals surface area contributed by atoms with Gasteiger partial charge in [-0.3, -0.25) is 0 Å². The van der Waals surface area contributed by atoms with Crippen molar-refractivity contribution in [3.63, 3.8) is 0 Å². The van der Waals surface area contributed by atoms with E-state index in [1.165, 1.54) is 21.5 Å². The molecular formula is C20H13BO2. The Balaban J connectivity index is 1.75. The Kier molecular flexibility index (Phi) is 2.62. The highest BCUT2D eigenvalue weighted by molar-refractivity contribution is 6.67. The van der Waals surface area contributed by atoms with Crippen molar-refractivity contribution in [3.05, 3.63) is 78.9 Å². The number of rotatable bonds is 1. The Morgan fingerprint density at radius 1 is 0.565 bits per heavy atom. The lowest BCUT2D eigenvalue weighted by atomic mass is 9.75. The molecule has 4 aromatic carbocycles. The van der Waals surface area contributed by atoms with Crippen LogP contribution in [0.25, 0.3) is 21.5 Å². The van der Waals surface area contributed by atoms with E-state index in [9.17, 15) is 0 Å². The number of hydrogen-bond acceptors (Lipinski definition) is 2. The van der Waals surface area contributed by atoms with E-state index >= 15 is 0 Å². The monoisotopic (exact) mass is 296 g/mol. The van der Waals surface area contributed by atoms with Crippen molar-refractivity contribution in [1.29, 1.82) is 0 Å². The molecule has 3 heteroatoms. The maximum atomic E-state index is 6.03. The van der Waals surface area contributed by atoms with Gasteiger partial charge < -0.3 is 9.31 Å². The predicted molar refractivity (Wildman–Crippen MR) is 94.5 cm³/mol. The van der Waals surface area contributed by atoms with Crippen molar-refractivity contribution in [2.45, 2.75) is 0 Å². The number of hydrogen-bond donors (Lipinski definition) is 0. The molecule has 0 radical (unpaired) electrons. The molecule has 0 aliphatic carbocycles. The first kappa shape index (κ1) is 12.6. The zero-order chi connectivity index (χ0) is 15.2. The van der Waals surface area contributed by atoms with E-state index < -0.39 is 7.12 Å². The van der Waals surface area contributed by atoms with Gasteiger partial charge >= 0.3 is 7.12 Å². The summed E-state index contributed by atoms with van der Waals surface area (Å²) < 4.78 is 12.1. The standard InChI is InChI=1S/C20H13BO2/c1-2-8-15-14(7-1)13-18(17-10-4-3-9-16(15)17)21-22-19-11-5-6-12-20(19)23-21/h1-13H. The van der Waals surface area contributed by atoms with E-state index in [0.717, 1.165) is 17.0 Å². The molecule has 108 valence electrons. The molecule has 0 saturated carbocycles. The van der Waals surface area contributed by atoms with E-state index in [0.29, 0.717) is 0 Å². The smallest absolute Gasteiger partial charge is 0.519 e. The molecule has 1 aliphatic heterocycles. The Labute approximate surface area is 134 Å². The minimum Gasteiger partial charge on any atom is -0.519 e. The topological polar surface area (TPSA) is 18.5 Å². The zero-order valence-electron chi connectivity index (χ0n) is 12.4. The Hall–Kier alpha value is -2.94. The van der Waals surface area contributed by atoms with Gasteiger partial charge in [-0.25, -0.2) is 0 Å². The quantitative estimate of drug-likeness (QED) is 0.388. The number of fused-ring (bicyclic) bond motifs is 4. The van der Waals surface area contributed by atoms with Crippen molar-refractivity contribution in [3.8, 4) is 11.5 Å². The summed E-state index contributed by atoms with van der Waals surface area (Å²) in [5.41, 5.74) is 1.07. The van der Waals surface area contributed by atoms with Crippen LogP contribution in [0.3, 0.4) is 0 Å². The summed E-state index contributed by atoms with van der Waals surface area (Å²) in [5, 5.41) is 4.85. The lowest BCUT2D eigenvalue weighted by Gasteiger charge is -2.12. The minimum absolute atomic E-state index is 0.401. The summed E-state index contributed by atoms with van der Waals surface area (Å²) in [6.07, 6.45) is 0. The Morgan fingerprint density at radius 3 is 1.87 bits per heavy atom. The van der Waals surface area contributed by atoms with Crippen LogP contribution in [0.5, 0.6) is 11.5 Å². The first-order chi connectivity index (χ1) is 11.4. The number of benzene rings is 4. The van der Waals surface area contributed by atoms with Gasteiger partial charge in [0.1, 0.15) is 11.5 Å². The molecule has 0 spiro atoms. The van der Waals surface area contributed by atoms with Crippen LogP contribution in [0.4, 0.5) is 0 Å². The van der Waals surface area contributed by atoms with E-state index in [1.807, 2.05) is 24.3 Å². The molecule has 0 fully saturated rings.